The number of aryl methyl sites for hydroxylation is 1. The second-order valence-corrected chi connectivity index (χ2v) is 5.94. The molecule has 0 saturated heterocycles. The number of phenols is 2. The average molecular weight is 309 g/mol. The highest BCUT2D eigenvalue weighted by Gasteiger charge is 2.43. The van der Waals surface area contributed by atoms with Crippen LogP contribution < -0.4 is 0 Å². The van der Waals surface area contributed by atoms with E-state index in [-0.39, 0.29) is 17.2 Å². The zero-order chi connectivity index (χ0) is 16.1. The number of aromatic hydroxyl groups is 2. The maximum Gasteiger partial charge on any atom is 0.266 e. The van der Waals surface area contributed by atoms with E-state index in [0.717, 1.165) is 24.0 Å². The highest BCUT2D eigenvalue weighted by Crippen LogP contribution is 2.42. The van der Waals surface area contributed by atoms with E-state index >= 15 is 0 Å². The lowest BCUT2D eigenvalue weighted by Crippen LogP contribution is -2.35. The number of amides is 2. The number of fused-ring (bicyclic) bond motifs is 2. The van der Waals surface area contributed by atoms with E-state index in [1.54, 1.807) is 0 Å². The maximum absolute atomic E-state index is 12.7. The Morgan fingerprint density at radius 2 is 1.78 bits per heavy atom. The molecule has 1 aliphatic carbocycles. The van der Waals surface area contributed by atoms with Crippen molar-refractivity contribution < 1.29 is 19.8 Å². The minimum Gasteiger partial charge on any atom is -0.504 e. The lowest BCUT2D eigenvalue weighted by Gasteiger charge is -2.31. The van der Waals surface area contributed by atoms with Gasteiger partial charge in [-0.15, -0.1) is 0 Å². The Labute approximate surface area is 132 Å². The quantitative estimate of drug-likeness (QED) is 0.627. The Kier molecular flexibility index (Phi) is 2.91. The Balaban J connectivity index is 1.83. The lowest BCUT2D eigenvalue weighted by atomic mass is 9.87. The monoisotopic (exact) mass is 309 g/mol. The molecule has 0 radical (unpaired) electrons. The van der Waals surface area contributed by atoms with Crippen LogP contribution in [0, 0.1) is 0 Å². The normalized spacial score (nSPS) is 19.7. The first-order valence-electron chi connectivity index (χ1n) is 7.60. The van der Waals surface area contributed by atoms with Gasteiger partial charge in [-0.05, 0) is 42.5 Å². The van der Waals surface area contributed by atoms with Gasteiger partial charge in [-0.25, -0.2) is 0 Å². The lowest BCUT2D eigenvalue weighted by molar-refractivity contribution is 0.0566. The van der Waals surface area contributed by atoms with Gasteiger partial charge in [0, 0.05) is 0 Å². The number of hydrogen-bond acceptors (Lipinski definition) is 4. The molecule has 0 unspecified atom stereocenters. The van der Waals surface area contributed by atoms with Gasteiger partial charge in [0.15, 0.2) is 11.5 Å². The summed E-state index contributed by atoms with van der Waals surface area (Å²) in [5, 5.41) is 19.6. The number of rotatable bonds is 1. The first-order valence-corrected chi connectivity index (χ1v) is 7.60. The smallest absolute Gasteiger partial charge is 0.266 e. The number of hydrogen-bond donors (Lipinski definition) is 2. The fourth-order valence-electron chi connectivity index (χ4n) is 3.60. The van der Waals surface area contributed by atoms with Crippen LogP contribution in [0.4, 0.5) is 0 Å². The molecule has 2 N–H and O–H groups in total. The fourth-order valence-corrected chi connectivity index (χ4v) is 3.60. The van der Waals surface area contributed by atoms with Gasteiger partial charge in [-0.1, -0.05) is 24.3 Å². The molecule has 0 spiro atoms. The van der Waals surface area contributed by atoms with Crippen LogP contribution in [0.15, 0.2) is 36.4 Å². The molecule has 5 heteroatoms. The van der Waals surface area contributed by atoms with Crippen molar-refractivity contribution in [3.63, 3.8) is 0 Å². The Morgan fingerprint density at radius 1 is 1.00 bits per heavy atom. The van der Waals surface area contributed by atoms with Crippen LogP contribution >= 0.6 is 0 Å². The van der Waals surface area contributed by atoms with Gasteiger partial charge in [0.2, 0.25) is 0 Å². The highest BCUT2D eigenvalue weighted by molar-refractivity contribution is 6.23. The molecular formula is C18H15NO4. The van der Waals surface area contributed by atoms with Crippen molar-refractivity contribution in [1.82, 2.24) is 4.90 Å². The summed E-state index contributed by atoms with van der Waals surface area (Å²) >= 11 is 0. The van der Waals surface area contributed by atoms with E-state index < -0.39 is 23.3 Å². The number of carbonyl (C=O) groups excluding carboxylic acids is 2. The molecule has 1 atom stereocenters. The van der Waals surface area contributed by atoms with Gasteiger partial charge < -0.3 is 10.2 Å². The average Bonchev–Trinajstić information content (AvgIpc) is 2.82. The third-order valence-corrected chi connectivity index (χ3v) is 4.69. The maximum atomic E-state index is 12.7. The SMILES string of the molecule is O=C1c2ccc(O)c(O)c2C(=O)N1[C@H]1CCCc2ccccc21. The second-order valence-electron chi connectivity index (χ2n) is 5.94. The van der Waals surface area contributed by atoms with E-state index in [1.807, 2.05) is 24.3 Å². The topological polar surface area (TPSA) is 77.8 Å². The number of imide groups is 1. The zero-order valence-corrected chi connectivity index (χ0v) is 12.3. The number of benzene rings is 2. The van der Waals surface area contributed by atoms with Crippen LogP contribution in [0.3, 0.4) is 0 Å². The predicted molar refractivity (Wildman–Crippen MR) is 82.4 cm³/mol. The van der Waals surface area contributed by atoms with E-state index in [2.05, 4.69) is 0 Å². The molecule has 2 aliphatic rings. The van der Waals surface area contributed by atoms with E-state index in [9.17, 15) is 19.8 Å². The number of carbonyl (C=O) groups is 2. The summed E-state index contributed by atoms with van der Waals surface area (Å²) in [6.45, 7) is 0. The molecule has 5 nitrogen and oxygen atoms in total. The molecule has 2 aromatic rings. The summed E-state index contributed by atoms with van der Waals surface area (Å²) in [5.74, 6) is -1.87. The Bertz CT molecular complexity index is 843. The van der Waals surface area contributed by atoms with Gasteiger partial charge in [0.25, 0.3) is 11.8 Å². The molecular weight excluding hydrogens is 294 g/mol. The molecule has 0 saturated carbocycles. The molecule has 116 valence electrons. The van der Waals surface area contributed by atoms with Crippen molar-refractivity contribution in [3.05, 3.63) is 58.7 Å². The van der Waals surface area contributed by atoms with Crippen LogP contribution in [0.25, 0.3) is 0 Å². The minimum absolute atomic E-state index is 0.0990. The van der Waals surface area contributed by atoms with Gasteiger partial charge in [-0.3, -0.25) is 14.5 Å². The molecule has 2 amide bonds. The zero-order valence-electron chi connectivity index (χ0n) is 12.3. The van der Waals surface area contributed by atoms with Crippen molar-refractivity contribution in [2.24, 2.45) is 0 Å². The molecule has 0 aromatic heterocycles. The Hall–Kier alpha value is -2.82. The number of nitrogens with zero attached hydrogens (tertiary/aromatic N) is 1. The summed E-state index contributed by atoms with van der Waals surface area (Å²) in [4.78, 5) is 26.6. The van der Waals surface area contributed by atoms with E-state index in [1.165, 1.54) is 17.0 Å². The van der Waals surface area contributed by atoms with E-state index in [4.69, 9.17) is 0 Å². The molecule has 2 aromatic carbocycles. The third kappa shape index (κ3) is 1.86. The Morgan fingerprint density at radius 3 is 2.61 bits per heavy atom. The van der Waals surface area contributed by atoms with Gasteiger partial charge in [-0.2, -0.15) is 0 Å². The third-order valence-electron chi connectivity index (χ3n) is 4.69. The van der Waals surface area contributed by atoms with Crippen molar-refractivity contribution in [1.29, 1.82) is 0 Å². The fraction of sp³-hybridized carbons (Fsp3) is 0.222. The summed E-state index contributed by atoms with van der Waals surface area (Å²) in [7, 11) is 0. The second kappa shape index (κ2) is 4.84. The molecule has 4 rings (SSSR count). The molecule has 0 fully saturated rings. The van der Waals surface area contributed by atoms with Crippen molar-refractivity contribution in [2.75, 3.05) is 0 Å². The van der Waals surface area contributed by atoms with Crippen LogP contribution in [0.2, 0.25) is 0 Å². The summed E-state index contributed by atoms with van der Waals surface area (Å²) in [6.07, 6.45) is 2.53. The minimum atomic E-state index is -0.542. The van der Waals surface area contributed by atoms with Gasteiger partial charge in [0.1, 0.15) is 0 Å². The molecule has 23 heavy (non-hydrogen) atoms. The highest BCUT2D eigenvalue weighted by atomic mass is 16.3. The first kappa shape index (κ1) is 13.8. The molecule has 0 bridgehead atoms. The van der Waals surface area contributed by atoms with Crippen LogP contribution in [0.5, 0.6) is 11.5 Å². The molecule has 1 aliphatic heterocycles. The van der Waals surface area contributed by atoms with Crippen LogP contribution in [0.1, 0.15) is 50.7 Å². The summed E-state index contributed by atoms with van der Waals surface area (Å²) in [6, 6.07) is 10.1. The molecule has 1 heterocycles. The summed E-state index contributed by atoms with van der Waals surface area (Å²) in [5.41, 5.74) is 2.18. The van der Waals surface area contributed by atoms with Crippen LogP contribution in [-0.4, -0.2) is 26.9 Å². The first-order chi connectivity index (χ1) is 11.1. The largest absolute Gasteiger partial charge is 0.504 e. The number of phenolic OH excluding ortho intramolecular Hbond substituents is 2. The van der Waals surface area contributed by atoms with Crippen molar-refractivity contribution in [2.45, 2.75) is 25.3 Å². The van der Waals surface area contributed by atoms with Crippen molar-refractivity contribution in [3.8, 4) is 11.5 Å². The van der Waals surface area contributed by atoms with Gasteiger partial charge in [0.05, 0.1) is 17.2 Å². The van der Waals surface area contributed by atoms with Crippen LogP contribution in [-0.2, 0) is 6.42 Å². The standard InChI is InChI=1S/C18H15NO4/c20-14-9-8-12-15(16(14)21)18(23)19(17(12)22)13-7-3-5-10-4-1-2-6-11(10)13/h1-2,4,6,8-9,13,20-21H,3,5,7H2/t13-/m0/s1. The predicted octanol–water partition coefficient (Wildman–Crippen LogP) is 2.77. The van der Waals surface area contributed by atoms with Crippen molar-refractivity contribution >= 4 is 11.8 Å². The van der Waals surface area contributed by atoms with Gasteiger partial charge >= 0.3 is 0 Å². The summed E-state index contributed by atoms with van der Waals surface area (Å²) < 4.78 is 0. The van der Waals surface area contributed by atoms with E-state index in [0.29, 0.717) is 6.42 Å².